The van der Waals surface area contributed by atoms with E-state index in [0.717, 1.165) is 25.6 Å². The maximum absolute atomic E-state index is 13.1. The summed E-state index contributed by atoms with van der Waals surface area (Å²) in [5, 5.41) is 9.96. The van der Waals surface area contributed by atoms with Crippen molar-refractivity contribution in [3.8, 4) is 0 Å². The molecule has 0 radical (unpaired) electrons. The predicted octanol–water partition coefficient (Wildman–Crippen LogP) is 2.27. The normalized spacial score (nSPS) is 13.2. The van der Waals surface area contributed by atoms with Gasteiger partial charge in [0.05, 0.1) is 6.10 Å². The zero-order valence-electron chi connectivity index (χ0n) is 12.4. The van der Waals surface area contributed by atoms with Gasteiger partial charge >= 0.3 is 0 Å². The van der Waals surface area contributed by atoms with E-state index in [-0.39, 0.29) is 0 Å². The minimum absolute atomic E-state index is 0.296. The molecule has 1 rings (SSSR count). The van der Waals surface area contributed by atoms with Crippen LogP contribution in [0.15, 0.2) is 18.2 Å². The smallest absolute Gasteiger partial charge is 0.126 e. The monoisotopic (exact) mass is 286 g/mol. The number of aliphatic hydroxyl groups is 1. The lowest BCUT2D eigenvalue weighted by Gasteiger charge is -2.20. The van der Waals surface area contributed by atoms with Crippen LogP contribution in [0.3, 0.4) is 0 Å². The molecule has 0 fully saturated rings. The Morgan fingerprint density at radius 3 is 2.15 bits per heavy atom. The van der Waals surface area contributed by atoms with E-state index in [1.165, 1.54) is 12.1 Å². The van der Waals surface area contributed by atoms with E-state index in [1.807, 2.05) is 21.1 Å². The largest absolute Gasteiger partial charge is 0.388 e. The lowest BCUT2D eigenvalue weighted by molar-refractivity contribution is 0.147. The Hall–Kier alpha value is -1.04. The molecule has 0 saturated carbocycles. The molecule has 0 aromatic heterocycles. The summed E-state index contributed by atoms with van der Waals surface area (Å²) in [6.07, 6.45) is 0.673. The molecule has 0 aliphatic rings. The Balaban J connectivity index is 2.36. The van der Waals surface area contributed by atoms with Gasteiger partial charge in [-0.25, -0.2) is 8.78 Å². The van der Waals surface area contributed by atoms with Crippen molar-refractivity contribution in [2.45, 2.75) is 18.9 Å². The molecule has 0 amide bonds. The van der Waals surface area contributed by atoms with Gasteiger partial charge in [-0.15, -0.1) is 0 Å². The topological polar surface area (TPSA) is 26.7 Å². The zero-order valence-corrected chi connectivity index (χ0v) is 12.4. The lowest BCUT2D eigenvalue weighted by Crippen LogP contribution is -2.25. The quantitative estimate of drug-likeness (QED) is 0.794. The lowest BCUT2D eigenvalue weighted by atomic mass is 10.1. The average Bonchev–Trinajstić information content (AvgIpc) is 2.34. The third-order valence-electron chi connectivity index (χ3n) is 3.20. The van der Waals surface area contributed by atoms with Crippen LogP contribution < -0.4 is 0 Å². The second-order valence-corrected chi connectivity index (χ2v) is 5.47. The number of hydrogen-bond donors (Lipinski definition) is 1. The van der Waals surface area contributed by atoms with Crippen LogP contribution >= 0.6 is 0 Å². The molecule has 0 aliphatic carbocycles. The van der Waals surface area contributed by atoms with Gasteiger partial charge in [-0.1, -0.05) is 0 Å². The fraction of sp³-hybridized carbons (Fsp3) is 0.600. The number of halogens is 2. The standard InChI is InChI=1S/C15H24F2N2O/c1-18(2)6-4-7-19(3)8-5-15(20)12-9-13(16)11-14(17)10-12/h9-11,15,20H,4-8H2,1-3H3. The first-order valence-corrected chi connectivity index (χ1v) is 6.86. The first-order valence-electron chi connectivity index (χ1n) is 6.86. The molecule has 1 atom stereocenters. The van der Waals surface area contributed by atoms with Crippen molar-refractivity contribution in [2.75, 3.05) is 40.8 Å². The molecule has 1 aromatic carbocycles. The highest BCUT2D eigenvalue weighted by Crippen LogP contribution is 2.19. The average molecular weight is 286 g/mol. The maximum Gasteiger partial charge on any atom is 0.126 e. The van der Waals surface area contributed by atoms with E-state index < -0.39 is 17.7 Å². The fourth-order valence-corrected chi connectivity index (χ4v) is 2.05. The van der Waals surface area contributed by atoms with Gasteiger partial charge < -0.3 is 14.9 Å². The van der Waals surface area contributed by atoms with E-state index in [2.05, 4.69) is 9.80 Å². The molecule has 114 valence electrons. The maximum atomic E-state index is 13.1. The zero-order chi connectivity index (χ0) is 15.1. The van der Waals surface area contributed by atoms with Crippen LogP contribution in [0.2, 0.25) is 0 Å². The summed E-state index contributed by atoms with van der Waals surface area (Å²) in [6, 6.07) is 3.17. The van der Waals surface area contributed by atoms with Crippen molar-refractivity contribution in [2.24, 2.45) is 0 Å². The van der Waals surface area contributed by atoms with E-state index in [9.17, 15) is 13.9 Å². The van der Waals surface area contributed by atoms with Crippen LogP contribution in [0.25, 0.3) is 0 Å². The third-order valence-corrected chi connectivity index (χ3v) is 3.20. The number of hydrogen-bond acceptors (Lipinski definition) is 3. The van der Waals surface area contributed by atoms with Crippen molar-refractivity contribution in [3.05, 3.63) is 35.4 Å². The van der Waals surface area contributed by atoms with Gasteiger partial charge in [0.1, 0.15) is 11.6 Å². The molecule has 0 spiro atoms. The van der Waals surface area contributed by atoms with Gasteiger partial charge in [0.25, 0.3) is 0 Å². The molecule has 0 heterocycles. The Morgan fingerprint density at radius 1 is 1.00 bits per heavy atom. The van der Waals surface area contributed by atoms with Crippen molar-refractivity contribution in [1.29, 1.82) is 0 Å². The number of benzene rings is 1. The molecular weight excluding hydrogens is 262 g/mol. The van der Waals surface area contributed by atoms with Crippen LogP contribution in [-0.2, 0) is 0 Å². The number of aliphatic hydroxyl groups excluding tert-OH is 1. The molecule has 1 unspecified atom stereocenters. The Bertz CT molecular complexity index is 393. The molecule has 1 N–H and O–H groups in total. The molecule has 0 aliphatic heterocycles. The summed E-state index contributed by atoms with van der Waals surface area (Å²) in [5.41, 5.74) is 0.296. The first-order chi connectivity index (χ1) is 9.38. The SMILES string of the molecule is CN(C)CCCN(C)CCC(O)c1cc(F)cc(F)c1. The van der Waals surface area contributed by atoms with E-state index in [1.54, 1.807) is 0 Å². The van der Waals surface area contributed by atoms with Gasteiger partial charge in [-0.3, -0.25) is 0 Å². The number of nitrogens with zero attached hydrogens (tertiary/aromatic N) is 2. The third kappa shape index (κ3) is 6.41. The highest BCUT2D eigenvalue weighted by atomic mass is 19.1. The minimum atomic E-state index is -0.837. The summed E-state index contributed by atoms with van der Waals surface area (Å²) < 4.78 is 26.1. The van der Waals surface area contributed by atoms with Gasteiger partial charge in [0, 0.05) is 12.6 Å². The molecular formula is C15H24F2N2O. The molecule has 0 bridgehead atoms. The minimum Gasteiger partial charge on any atom is -0.388 e. The van der Waals surface area contributed by atoms with Gasteiger partial charge in [-0.2, -0.15) is 0 Å². The predicted molar refractivity (Wildman–Crippen MR) is 76.6 cm³/mol. The van der Waals surface area contributed by atoms with Crippen LogP contribution in [0.4, 0.5) is 8.78 Å². The Labute approximate surface area is 119 Å². The van der Waals surface area contributed by atoms with Gasteiger partial charge in [0.2, 0.25) is 0 Å². The molecule has 0 saturated heterocycles. The summed E-state index contributed by atoms with van der Waals surface area (Å²) in [7, 11) is 6.04. The van der Waals surface area contributed by atoms with Crippen LogP contribution in [0.5, 0.6) is 0 Å². The Kier molecular flexibility index (Phi) is 7.05. The summed E-state index contributed by atoms with van der Waals surface area (Å²) in [4.78, 5) is 4.24. The van der Waals surface area contributed by atoms with Crippen molar-refractivity contribution < 1.29 is 13.9 Å². The summed E-state index contributed by atoms with van der Waals surface area (Å²) >= 11 is 0. The van der Waals surface area contributed by atoms with E-state index >= 15 is 0 Å². The molecule has 20 heavy (non-hydrogen) atoms. The van der Waals surface area contributed by atoms with Crippen LogP contribution in [0, 0.1) is 11.6 Å². The van der Waals surface area contributed by atoms with Crippen LogP contribution in [0.1, 0.15) is 24.5 Å². The molecule has 3 nitrogen and oxygen atoms in total. The van der Waals surface area contributed by atoms with Crippen LogP contribution in [-0.4, -0.2) is 55.7 Å². The molecule has 1 aromatic rings. The fourth-order valence-electron chi connectivity index (χ4n) is 2.05. The number of rotatable bonds is 8. The second kappa shape index (κ2) is 8.29. The Morgan fingerprint density at radius 2 is 1.60 bits per heavy atom. The second-order valence-electron chi connectivity index (χ2n) is 5.47. The van der Waals surface area contributed by atoms with Crippen molar-refractivity contribution >= 4 is 0 Å². The first kappa shape index (κ1) is 17.0. The van der Waals surface area contributed by atoms with Gasteiger partial charge in [-0.05, 0) is 64.8 Å². The van der Waals surface area contributed by atoms with Gasteiger partial charge in [0.15, 0.2) is 0 Å². The van der Waals surface area contributed by atoms with Crippen molar-refractivity contribution in [1.82, 2.24) is 9.80 Å². The highest BCUT2D eigenvalue weighted by molar-refractivity contribution is 5.20. The highest BCUT2D eigenvalue weighted by Gasteiger charge is 2.11. The summed E-state index contributed by atoms with van der Waals surface area (Å²) in [5.74, 6) is -1.31. The summed E-state index contributed by atoms with van der Waals surface area (Å²) in [6.45, 7) is 2.64. The van der Waals surface area contributed by atoms with Crippen molar-refractivity contribution in [3.63, 3.8) is 0 Å². The van der Waals surface area contributed by atoms with E-state index in [4.69, 9.17) is 0 Å². The molecule has 5 heteroatoms. The van der Waals surface area contributed by atoms with E-state index in [0.29, 0.717) is 18.5 Å².